The van der Waals surface area contributed by atoms with Crippen molar-refractivity contribution in [1.82, 2.24) is 5.48 Å². The Morgan fingerprint density at radius 1 is 0.709 bits per heavy atom. The Bertz CT molecular complexity index is 1430. The summed E-state index contributed by atoms with van der Waals surface area (Å²) in [7, 11) is -3.95. The Morgan fingerprint density at radius 3 is 1.56 bits per heavy atom. The number of nitrogens with one attached hydrogen (secondary N) is 1. The van der Waals surface area contributed by atoms with E-state index in [9.17, 15) is 84.5 Å². The number of benzene rings is 1. The molecule has 0 saturated heterocycles. The summed E-state index contributed by atoms with van der Waals surface area (Å²) in [5.41, 5.74) is 0.0748. The SMILES string of the molecule is CC(C)[Si](CCC(F)(F)C(F)(F)C(F)(F)C(F)(F)C(F)(F)C(F)(F)C(F)(F)C(F)(F)F)(OCCOc1ccc([C@@H](O)[C@@H](C)C/C=C/C(=O)NO)cc1)C(C)C. The van der Waals surface area contributed by atoms with Crippen LogP contribution in [0.5, 0.6) is 5.75 Å². The minimum atomic E-state index is -8.68. The highest BCUT2D eigenvalue weighted by molar-refractivity contribution is 6.76. The molecule has 1 amide bonds. The zero-order valence-corrected chi connectivity index (χ0v) is 30.4. The third kappa shape index (κ3) is 9.65. The maximum Gasteiger partial charge on any atom is 0.460 e. The van der Waals surface area contributed by atoms with Gasteiger partial charge in [-0.3, -0.25) is 10.0 Å². The third-order valence-corrected chi connectivity index (χ3v) is 14.6. The molecule has 0 aliphatic carbocycles. The molecule has 1 aromatic rings. The molecule has 2 atom stereocenters. The molecule has 0 saturated carbocycles. The van der Waals surface area contributed by atoms with Crippen molar-refractivity contribution in [3.8, 4) is 5.75 Å². The van der Waals surface area contributed by atoms with Crippen LogP contribution in [0.15, 0.2) is 36.4 Å². The van der Waals surface area contributed by atoms with Gasteiger partial charge in [0, 0.05) is 12.5 Å². The molecule has 0 radical (unpaired) electrons. The van der Waals surface area contributed by atoms with Crippen molar-refractivity contribution in [2.24, 2.45) is 5.92 Å². The Labute approximate surface area is 304 Å². The molecular formula is C31H38F17NO5Si. The lowest BCUT2D eigenvalue weighted by molar-refractivity contribution is -0.461. The number of hydroxylamine groups is 1. The minimum absolute atomic E-state index is 0.151. The number of hydrogen-bond donors (Lipinski definition) is 3. The molecule has 0 aliphatic rings. The van der Waals surface area contributed by atoms with E-state index in [4.69, 9.17) is 14.4 Å². The van der Waals surface area contributed by atoms with Crippen molar-refractivity contribution >= 4 is 14.2 Å². The fourth-order valence-electron chi connectivity index (χ4n) is 5.39. The summed E-state index contributed by atoms with van der Waals surface area (Å²) in [4.78, 5) is 11.1. The van der Waals surface area contributed by atoms with Crippen molar-refractivity contribution in [3.63, 3.8) is 0 Å². The van der Waals surface area contributed by atoms with Gasteiger partial charge in [0.2, 0.25) is 0 Å². The fourth-order valence-corrected chi connectivity index (χ4v) is 9.86. The predicted octanol–water partition coefficient (Wildman–Crippen LogP) is 10.4. The first kappa shape index (κ1) is 50.2. The van der Waals surface area contributed by atoms with Crippen LogP contribution in [0.25, 0.3) is 0 Å². The second-order valence-electron chi connectivity index (χ2n) is 13.2. The van der Waals surface area contributed by atoms with Gasteiger partial charge in [0.25, 0.3) is 5.91 Å². The van der Waals surface area contributed by atoms with Gasteiger partial charge < -0.3 is 14.3 Å². The summed E-state index contributed by atoms with van der Waals surface area (Å²) in [5.74, 6) is -57.8. The third-order valence-electron chi connectivity index (χ3n) is 8.94. The van der Waals surface area contributed by atoms with Gasteiger partial charge in [-0.05, 0) is 47.2 Å². The van der Waals surface area contributed by atoms with Crippen LogP contribution in [-0.4, -0.2) is 85.4 Å². The van der Waals surface area contributed by atoms with Crippen LogP contribution in [0.1, 0.15) is 59.1 Å². The molecule has 0 spiro atoms. The largest absolute Gasteiger partial charge is 0.491 e. The van der Waals surface area contributed by atoms with E-state index in [0.29, 0.717) is 5.56 Å². The summed E-state index contributed by atoms with van der Waals surface area (Å²) in [6, 6.07) is 4.36. The monoisotopic (exact) mass is 855 g/mol. The van der Waals surface area contributed by atoms with Gasteiger partial charge >= 0.3 is 47.6 Å². The first-order valence-electron chi connectivity index (χ1n) is 15.9. The summed E-state index contributed by atoms with van der Waals surface area (Å²) in [6.45, 7) is 6.04. The Balaban J connectivity index is 3.20. The molecular weight excluding hydrogens is 817 g/mol. The molecule has 1 aromatic carbocycles. The highest BCUT2D eigenvalue weighted by Crippen LogP contribution is 2.64. The van der Waals surface area contributed by atoms with Crippen LogP contribution in [0.3, 0.4) is 0 Å². The van der Waals surface area contributed by atoms with Crippen molar-refractivity contribution < 1.29 is 98.9 Å². The van der Waals surface area contributed by atoms with Crippen LogP contribution in [-0.2, 0) is 9.22 Å². The molecule has 24 heteroatoms. The van der Waals surface area contributed by atoms with Crippen molar-refractivity contribution in [2.75, 3.05) is 13.2 Å². The van der Waals surface area contributed by atoms with E-state index in [1.54, 1.807) is 6.92 Å². The molecule has 0 aromatic heterocycles. The van der Waals surface area contributed by atoms with Crippen molar-refractivity contribution in [3.05, 3.63) is 42.0 Å². The molecule has 0 unspecified atom stereocenters. The van der Waals surface area contributed by atoms with Crippen molar-refractivity contribution in [2.45, 2.75) is 118 Å². The molecule has 0 bridgehead atoms. The normalized spacial score (nSPS) is 15.9. The average Bonchev–Trinajstić information content (AvgIpc) is 3.06. The quantitative estimate of drug-likeness (QED) is 0.0286. The van der Waals surface area contributed by atoms with E-state index in [0.717, 1.165) is 6.08 Å². The van der Waals surface area contributed by atoms with Gasteiger partial charge in [-0.1, -0.05) is 52.8 Å². The number of aliphatic hydroxyl groups is 1. The number of rotatable bonds is 21. The van der Waals surface area contributed by atoms with Gasteiger partial charge in [0.15, 0.2) is 8.32 Å². The predicted molar refractivity (Wildman–Crippen MR) is 162 cm³/mol. The summed E-state index contributed by atoms with van der Waals surface area (Å²) in [5, 5.41) is 19.0. The molecule has 320 valence electrons. The van der Waals surface area contributed by atoms with Gasteiger partial charge in [-0.2, -0.15) is 74.6 Å². The lowest BCUT2D eigenvalue weighted by Gasteiger charge is -2.44. The highest BCUT2D eigenvalue weighted by atomic mass is 28.4. The number of halogens is 17. The van der Waals surface area contributed by atoms with Gasteiger partial charge in [0.05, 0.1) is 12.7 Å². The number of aliphatic hydroxyl groups excluding tert-OH is 1. The number of ether oxygens (including phenoxy) is 1. The number of carbonyl (C=O) groups is 1. The van der Waals surface area contributed by atoms with Crippen LogP contribution in [0, 0.1) is 5.92 Å². The first-order chi connectivity index (χ1) is 24.6. The smallest absolute Gasteiger partial charge is 0.460 e. The molecule has 6 nitrogen and oxygen atoms in total. The summed E-state index contributed by atoms with van der Waals surface area (Å²) in [6.07, 6.45) is -8.74. The Morgan fingerprint density at radius 2 is 1.15 bits per heavy atom. The van der Waals surface area contributed by atoms with E-state index in [-0.39, 0.29) is 18.8 Å². The molecule has 3 N–H and O–H groups in total. The lowest BCUT2D eigenvalue weighted by Crippen LogP contribution is -2.74. The number of hydrogen-bond acceptors (Lipinski definition) is 5. The van der Waals surface area contributed by atoms with Gasteiger partial charge in [-0.25, -0.2) is 5.48 Å². The molecule has 0 fully saturated rings. The zero-order valence-electron chi connectivity index (χ0n) is 29.4. The van der Waals surface area contributed by atoms with Crippen LogP contribution >= 0.6 is 0 Å². The van der Waals surface area contributed by atoms with Crippen LogP contribution in [0.4, 0.5) is 74.6 Å². The van der Waals surface area contributed by atoms with E-state index >= 15 is 0 Å². The Kier molecular flexibility index (Phi) is 15.8. The van der Waals surface area contributed by atoms with Gasteiger partial charge in [-0.15, -0.1) is 0 Å². The molecule has 55 heavy (non-hydrogen) atoms. The average molecular weight is 856 g/mol. The minimum Gasteiger partial charge on any atom is -0.491 e. The lowest BCUT2D eigenvalue weighted by atomic mass is 9.88. The van der Waals surface area contributed by atoms with Gasteiger partial charge in [0.1, 0.15) is 12.4 Å². The van der Waals surface area contributed by atoms with E-state index in [1.165, 1.54) is 63.5 Å². The van der Waals surface area contributed by atoms with Crippen molar-refractivity contribution in [1.29, 1.82) is 0 Å². The highest BCUT2D eigenvalue weighted by Gasteiger charge is 2.95. The first-order valence-corrected chi connectivity index (χ1v) is 18.2. The maximum atomic E-state index is 14.8. The van der Waals surface area contributed by atoms with E-state index < -0.39 is 104 Å². The van der Waals surface area contributed by atoms with Crippen LogP contribution < -0.4 is 10.2 Å². The number of carbonyl (C=O) groups excluding carboxylic acids is 1. The van der Waals surface area contributed by atoms with E-state index in [2.05, 4.69) is 0 Å². The summed E-state index contributed by atoms with van der Waals surface area (Å²) < 4.78 is 245. The number of allylic oxidation sites excluding steroid dienone is 1. The van der Waals surface area contributed by atoms with E-state index in [1.807, 2.05) is 0 Å². The van der Waals surface area contributed by atoms with Crippen LogP contribution in [0.2, 0.25) is 17.1 Å². The standard InChI is InChI=1S/C31H38F17NO5Si/c1-17(2)55(18(3)4,54-15-14-53-21-11-9-20(10-12-21)23(51)19(5)7-6-8-22(50)49-52)16-13-24(32,33)25(34,35)26(36,37)27(38,39)28(40,41)29(42,43)30(44,45)31(46,47)48/h6,8-12,17-19,23,51-52H,7,13-16H2,1-5H3,(H,49,50)/b8-6+/t19-,23-/m0/s1. The topological polar surface area (TPSA) is 88.0 Å². The Hall–Kier alpha value is -2.86. The molecule has 1 rings (SSSR count). The number of alkyl halides is 17. The second-order valence-corrected chi connectivity index (χ2v) is 18.2. The molecule has 0 aliphatic heterocycles. The molecule has 0 heterocycles. The number of amides is 1. The fraction of sp³-hybridized carbons (Fsp3) is 0.710. The zero-order chi connectivity index (χ0) is 43.4. The maximum absolute atomic E-state index is 14.8. The summed E-state index contributed by atoms with van der Waals surface area (Å²) >= 11 is 0. The second kappa shape index (κ2) is 17.3.